The van der Waals surface area contributed by atoms with Gasteiger partial charge in [-0.25, -0.2) is 8.78 Å². The van der Waals surface area contributed by atoms with Crippen molar-refractivity contribution in [2.75, 3.05) is 14.2 Å². The lowest BCUT2D eigenvalue weighted by molar-refractivity contribution is 0.0604. The molecule has 0 aliphatic heterocycles. The molecule has 1 heterocycles. The smallest absolute Gasteiger partial charge is 0.266 e. The van der Waals surface area contributed by atoms with Crippen molar-refractivity contribution in [3.8, 4) is 16.9 Å². The van der Waals surface area contributed by atoms with Crippen LogP contribution in [0.4, 0.5) is 8.78 Å². The zero-order valence-corrected chi connectivity index (χ0v) is 23.8. The third-order valence-corrected chi connectivity index (χ3v) is 9.36. The fourth-order valence-corrected chi connectivity index (χ4v) is 6.93. The van der Waals surface area contributed by atoms with E-state index in [1.165, 1.54) is 0 Å². The molecule has 3 aromatic carbocycles. The minimum atomic E-state index is -0.659. The second kappa shape index (κ2) is 12.0. The molecular weight excluding hydrogens is 554 g/mol. The second-order valence-corrected chi connectivity index (χ2v) is 11.4. The average molecular weight is 583 g/mol. The van der Waals surface area contributed by atoms with Crippen molar-refractivity contribution >= 4 is 45.2 Å². The highest BCUT2D eigenvalue weighted by Gasteiger charge is 2.33. The molecule has 1 aromatic heterocycles. The lowest BCUT2D eigenvalue weighted by atomic mass is 9.89. The number of nitrogens with one attached hydrogen (secondary N) is 1. The summed E-state index contributed by atoms with van der Waals surface area (Å²) in [7, 11) is 3.52. The fraction of sp³-hybridized carbons (Fsp3) is 0.290. The van der Waals surface area contributed by atoms with Crippen molar-refractivity contribution in [1.29, 1.82) is 0 Å². The average Bonchev–Trinajstić information content (AvgIpc) is 3.35. The number of carbonyl (C=O) groups excluding carboxylic acids is 2. The van der Waals surface area contributed by atoms with Crippen LogP contribution >= 0.6 is 22.9 Å². The molecule has 1 aliphatic carbocycles. The monoisotopic (exact) mass is 582 g/mol. The van der Waals surface area contributed by atoms with Crippen LogP contribution in [0.25, 0.3) is 21.2 Å². The van der Waals surface area contributed by atoms with Crippen LogP contribution in [0.3, 0.4) is 0 Å². The van der Waals surface area contributed by atoms with Gasteiger partial charge in [0, 0.05) is 29.8 Å². The Balaban J connectivity index is 1.55. The summed E-state index contributed by atoms with van der Waals surface area (Å²) in [6, 6.07) is 15.4. The predicted octanol–water partition coefficient (Wildman–Crippen LogP) is 7.49. The highest BCUT2D eigenvalue weighted by molar-refractivity contribution is 7.21. The first-order valence-corrected chi connectivity index (χ1v) is 14.3. The van der Waals surface area contributed by atoms with Gasteiger partial charge in [-0.2, -0.15) is 0 Å². The molecular formula is C31H29ClF2N2O3S. The Hall–Kier alpha value is -3.33. The molecule has 208 valence electrons. The topological polar surface area (TPSA) is 58.6 Å². The Kier molecular flexibility index (Phi) is 8.49. The molecule has 0 spiro atoms. The molecule has 5 nitrogen and oxygen atoms in total. The number of halogens is 3. The van der Waals surface area contributed by atoms with Gasteiger partial charge in [0.1, 0.15) is 28.5 Å². The van der Waals surface area contributed by atoms with Gasteiger partial charge < -0.3 is 15.0 Å². The van der Waals surface area contributed by atoms with Gasteiger partial charge in [0.05, 0.1) is 22.2 Å². The van der Waals surface area contributed by atoms with Crippen LogP contribution in [0.1, 0.15) is 51.3 Å². The number of benzene rings is 3. The van der Waals surface area contributed by atoms with Gasteiger partial charge >= 0.3 is 0 Å². The van der Waals surface area contributed by atoms with Gasteiger partial charge in [-0.3, -0.25) is 9.59 Å². The standard InChI is InChI=1S/C31H29ClF2N2O3S/c1-35-22-8-10-23(11-9-22)36(31(38)30-28(32)27-24(33)12-13-25(34)29(27)40-30)16-21-15-20(7-14-26(21)39-2)19-5-3-18(17-37)4-6-19/h3-7,12-15,17,22-23,35H,8-11,16H2,1-2H3. The maximum Gasteiger partial charge on any atom is 0.266 e. The van der Waals surface area contributed by atoms with E-state index >= 15 is 0 Å². The summed E-state index contributed by atoms with van der Waals surface area (Å²) in [6.45, 7) is 0.229. The molecule has 1 saturated carbocycles. The highest BCUT2D eigenvalue weighted by atomic mass is 35.5. The third kappa shape index (κ3) is 5.48. The van der Waals surface area contributed by atoms with Crippen LogP contribution in [-0.2, 0) is 6.54 Å². The van der Waals surface area contributed by atoms with E-state index in [1.807, 2.05) is 37.4 Å². The summed E-state index contributed by atoms with van der Waals surface area (Å²) in [5.41, 5.74) is 3.20. The van der Waals surface area contributed by atoms with Crippen LogP contribution < -0.4 is 10.1 Å². The summed E-state index contributed by atoms with van der Waals surface area (Å²) in [5, 5.41) is 3.19. The molecule has 1 N–H and O–H groups in total. The van der Waals surface area contributed by atoms with Crippen molar-refractivity contribution in [3.05, 3.63) is 87.3 Å². The first-order valence-electron chi connectivity index (χ1n) is 13.1. The number of rotatable bonds is 8. The quantitative estimate of drug-likeness (QED) is 0.219. The van der Waals surface area contributed by atoms with E-state index in [-0.39, 0.29) is 38.5 Å². The molecule has 5 rings (SSSR count). The summed E-state index contributed by atoms with van der Waals surface area (Å²) in [6.07, 6.45) is 4.14. The van der Waals surface area contributed by atoms with E-state index in [2.05, 4.69) is 5.32 Å². The SMILES string of the molecule is CNC1CCC(N(Cc2cc(-c3ccc(C=O)cc3)ccc2OC)C(=O)c2sc3c(F)ccc(F)c3c2Cl)CC1. The van der Waals surface area contributed by atoms with E-state index in [1.54, 1.807) is 24.1 Å². The summed E-state index contributed by atoms with van der Waals surface area (Å²) in [5.74, 6) is -1.01. The Morgan fingerprint density at radius 3 is 2.35 bits per heavy atom. The van der Waals surface area contributed by atoms with E-state index in [0.717, 1.165) is 72.1 Å². The number of carbonyl (C=O) groups is 2. The maximum atomic E-state index is 14.6. The molecule has 40 heavy (non-hydrogen) atoms. The largest absolute Gasteiger partial charge is 0.496 e. The van der Waals surface area contributed by atoms with E-state index in [4.69, 9.17) is 16.3 Å². The molecule has 1 fully saturated rings. The van der Waals surface area contributed by atoms with Crippen molar-refractivity contribution < 1.29 is 23.1 Å². The number of ether oxygens (including phenoxy) is 1. The molecule has 0 bridgehead atoms. The van der Waals surface area contributed by atoms with Crippen molar-refractivity contribution in [3.63, 3.8) is 0 Å². The van der Waals surface area contributed by atoms with Crippen LogP contribution in [0, 0.1) is 11.6 Å². The molecule has 0 radical (unpaired) electrons. The summed E-state index contributed by atoms with van der Waals surface area (Å²) >= 11 is 7.43. The number of methoxy groups -OCH3 is 1. The number of nitrogens with zero attached hydrogens (tertiary/aromatic N) is 1. The van der Waals surface area contributed by atoms with Gasteiger partial charge in [-0.05, 0) is 68.1 Å². The Morgan fingerprint density at radius 2 is 1.73 bits per heavy atom. The molecule has 9 heteroatoms. The van der Waals surface area contributed by atoms with Gasteiger partial charge in [0.15, 0.2) is 0 Å². The molecule has 0 atom stereocenters. The van der Waals surface area contributed by atoms with Crippen LogP contribution in [0.15, 0.2) is 54.6 Å². The summed E-state index contributed by atoms with van der Waals surface area (Å²) in [4.78, 5) is 27.1. The van der Waals surface area contributed by atoms with Gasteiger partial charge in [-0.1, -0.05) is 41.9 Å². The zero-order valence-electron chi connectivity index (χ0n) is 22.2. The minimum Gasteiger partial charge on any atom is -0.496 e. The lowest BCUT2D eigenvalue weighted by Gasteiger charge is -2.37. The van der Waals surface area contributed by atoms with Crippen molar-refractivity contribution in [2.24, 2.45) is 0 Å². The normalized spacial score (nSPS) is 17.1. The lowest BCUT2D eigenvalue weighted by Crippen LogP contribution is -2.44. The molecule has 0 unspecified atom stereocenters. The number of thiophene rings is 1. The summed E-state index contributed by atoms with van der Waals surface area (Å²) < 4.78 is 34.9. The third-order valence-electron chi connectivity index (χ3n) is 7.68. The number of fused-ring (bicyclic) bond motifs is 1. The van der Waals surface area contributed by atoms with E-state index < -0.39 is 11.6 Å². The minimum absolute atomic E-state index is 0.0329. The second-order valence-electron chi connectivity index (χ2n) is 9.97. The Bertz CT molecular complexity index is 1550. The molecule has 0 saturated heterocycles. The first-order chi connectivity index (χ1) is 19.3. The molecule has 1 amide bonds. The Labute approximate surface area is 240 Å². The number of hydrogen-bond acceptors (Lipinski definition) is 5. The predicted molar refractivity (Wildman–Crippen MR) is 156 cm³/mol. The van der Waals surface area contributed by atoms with Gasteiger partial charge in [0.25, 0.3) is 5.91 Å². The van der Waals surface area contributed by atoms with Crippen LogP contribution in [-0.4, -0.2) is 43.3 Å². The van der Waals surface area contributed by atoms with E-state index in [9.17, 15) is 18.4 Å². The van der Waals surface area contributed by atoms with E-state index in [0.29, 0.717) is 17.4 Å². The van der Waals surface area contributed by atoms with Gasteiger partial charge in [-0.15, -0.1) is 11.3 Å². The Morgan fingerprint density at radius 1 is 1.05 bits per heavy atom. The fourth-order valence-electron chi connectivity index (χ4n) is 5.43. The first kappa shape index (κ1) is 28.2. The highest BCUT2D eigenvalue weighted by Crippen LogP contribution is 2.40. The zero-order chi connectivity index (χ0) is 28.4. The number of amides is 1. The molecule has 1 aliphatic rings. The van der Waals surface area contributed by atoms with Crippen molar-refractivity contribution in [2.45, 2.75) is 44.3 Å². The number of aldehydes is 1. The van der Waals surface area contributed by atoms with Crippen LogP contribution in [0.5, 0.6) is 5.75 Å². The van der Waals surface area contributed by atoms with Gasteiger partial charge in [0.2, 0.25) is 0 Å². The van der Waals surface area contributed by atoms with Crippen molar-refractivity contribution in [1.82, 2.24) is 10.2 Å². The van der Waals surface area contributed by atoms with Crippen LogP contribution in [0.2, 0.25) is 5.02 Å². The molecule has 4 aromatic rings. The number of hydrogen-bond donors (Lipinski definition) is 1. The maximum absolute atomic E-state index is 14.6.